The molecule has 1 heterocycles. The van der Waals surface area contributed by atoms with E-state index in [2.05, 4.69) is 10.3 Å². The third kappa shape index (κ3) is 2.63. The average molecular weight is 286 g/mol. The van der Waals surface area contributed by atoms with Gasteiger partial charge < -0.3 is 10.3 Å². The van der Waals surface area contributed by atoms with E-state index < -0.39 is 11.7 Å². The molecule has 1 aromatic heterocycles. The summed E-state index contributed by atoms with van der Waals surface area (Å²) in [5.41, 5.74) is 1.85. The maximum atomic E-state index is 13.6. The molecule has 0 aliphatic rings. The van der Waals surface area contributed by atoms with Crippen molar-refractivity contribution in [2.45, 2.75) is 6.92 Å². The number of aromatic amines is 1. The van der Waals surface area contributed by atoms with Crippen LogP contribution in [0, 0.1) is 18.6 Å². The van der Waals surface area contributed by atoms with Crippen molar-refractivity contribution in [1.82, 2.24) is 4.98 Å². The van der Waals surface area contributed by atoms with Crippen molar-refractivity contribution < 1.29 is 13.6 Å². The van der Waals surface area contributed by atoms with Crippen LogP contribution in [-0.2, 0) is 0 Å². The lowest BCUT2D eigenvalue weighted by Gasteiger charge is -2.06. The van der Waals surface area contributed by atoms with E-state index in [1.807, 2.05) is 0 Å². The lowest BCUT2D eigenvalue weighted by Crippen LogP contribution is -2.13. The van der Waals surface area contributed by atoms with Crippen LogP contribution in [0.3, 0.4) is 0 Å². The van der Waals surface area contributed by atoms with Gasteiger partial charge in [-0.15, -0.1) is 0 Å². The highest BCUT2D eigenvalue weighted by molar-refractivity contribution is 6.06. The summed E-state index contributed by atoms with van der Waals surface area (Å²) >= 11 is 0. The SMILES string of the molecule is Cc1ccc(F)c(NC(=O)c2cc3cc(F)ccc3[nH]2)c1. The molecule has 0 atom stereocenters. The number of hydrogen-bond acceptors (Lipinski definition) is 1. The van der Waals surface area contributed by atoms with Crippen molar-refractivity contribution in [1.29, 1.82) is 0 Å². The number of H-pyrrole nitrogens is 1. The van der Waals surface area contributed by atoms with Crippen molar-refractivity contribution in [3.8, 4) is 0 Å². The summed E-state index contributed by atoms with van der Waals surface area (Å²) in [7, 11) is 0. The zero-order chi connectivity index (χ0) is 15.0. The fourth-order valence-electron chi connectivity index (χ4n) is 2.15. The summed E-state index contributed by atoms with van der Waals surface area (Å²) in [6.45, 7) is 1.81. The molecular weight excluding hydrogens is 274 g/mol. The molecule has 0 bridgehead atoms. The van der Waals surface area contributed by atoms with Gasteiger partial charge in [-0.3, -0.25) is 4.79 Å². The molecule has 0 aliphatic carbocycles. The number of anilines is 1. The van der Waals surface area contributed by atoms with Gasteiger partial charge in [-0.05, 0) is 48.9 Å². The summed E-state index contributed by atoms with van der Waals surface area (Å²) in [4.78, 5) is 15.0. The summed E-state index contributed by atoms with van der Waals surface area (Å²) < 4.78 is 26.8. The lowest BCUT2D eigenvalue weighted by atomic mass is 10.2. The van der Waals surface area contributed by atoms with E-state index in [4.69, 9.17) is 0 Å². The van der Waals surface area contributed by atoms with Crippen LogP contribution in [0.1, 0.15) is 16.1 Å². The predicted molar refractivity (Wildman–Crippen MR) is 77.3 cm³/mol. The quantitative estimate of drug-likeness (QED) is 0.734. The van der Waals surface area contributed by atoms with Gasteiger partial charge >= 0.3 is 0 Å². The molecule has 1 amide bonds. The van der Waals surface area contributed by atoms with Crippen molar-refractivity contribution in [2.75, 3.05) is 5.32 Å². The van der Waals surface area contributed by atoms with Crippen molar-refractivity contribution >= 4 is 22.5 Å². The zero-order valence-corrected chi connectivity index (χ0v) is 11.2. The molecule has 3 nitrogen and oxygen atoms in total. The van der Waals surface area contributed by atoms with Gasteiger partial charge in [0.2, 0.25) is 0 Å². The van der Waals surface area contributed by atoms with Crippen LogP contribution in [-0.4, -0.2) is 10.9 Å². The number of aromatic nitrogens is 1. The third-order valence-corrected chi connectivity index (χ3v) is 3.20. The number of rotatable bonds is 2. The second kappa shape index (κ2) is 5.01. The number of nitrogens with one attached hydrogen (secondary N) is 2. The minimum atomic E-state index is -0.504. The number of fused-ring (bicyclic) bond motifs is 1. The van der Waals surface area contributed by atoms with Gasteiger partial charge in [-0.25, -0.2) is 8.78 Å². The molecule has 0 saturated heterocycles. The van der Waals surface area contributed by atoms with E-state index in [0.29, 0.717) is 10.9 Å². The van der Waals surface area contributed by atoms with Crippen LogP contribution in [0.15, 0.2) is 42.5 Å². The molecule has 3 rings (SSSR count). The molecule has 106 valence electrons. The molecule has 2 N–H and O–H groups in total. The van der Waals surface area contributed by atoms with E-state index in [-0.39, 0.29) is 17.2 Å². The largest absolute Gasteiger partial charge is 0.351 e. The fraction of sp³-hybridized carbons (Fsp3) is 0.0625. The maximum absolute atomic E-state index is 13.6. The molecule has 2 aromatic carbocycles. The smallest absolute Gasteiger partial charge is 0.272 e. The summed E-state index contributed by atoms with van der Waals surface area (Å²) in [6.07, 6.45) is 0. The molecule has 0 unspecified atom stereocenters. The molecule has 0 spiro atoms. The lowest BCUT2D eigenvalue weighted by molar-refractivity contribution is 0.102. The van der Waals surface area contributed by atoms with Gasteiger partial charge in [0.25, 0.3) is 5.91 Å². The van der Waals surface area contributed by atoms with Crippen molar-refractivity contribution in [3.05, 3.63) is 65.4 Å². The Morgan fingerprint density at radius 3 is 2.71 bits per heavy atom. The first kappa shape index (κ1) is 13.3. The highest BCUT2D eigenvalue weighted by Gasteiger charge is 2.12. The number of amides is 1. The van der Waals surface area contributed by atoms with Gasteiger partial charge in [-0.1, -0.05) is 6.07 Å². The minimum Gasteiger partial charge on any atom is -0.351 e. The Labute approximate surface area is 119 Å². The van der Waals surface area contributed by atoms with Gasteiger partial charge in [0.05, 0.1) is 5.69 Å². The standard InChI is InChI=1S/C16H12F2N2O/c1-9-2-4-12(18)14(6-9)20-16(21)15-8-10-7-11(17)3-5-13(10)19-15/h2-8,19H,1H3,(H,20,21). The Balaban J connectivity index is 1.91. The maximum Gasteiger partial charge on any atom is 0.272 e. The molecule has 0 fully saturated rings. The molecule has 0 aliphatic heterocycles. The van der Waals surface area contributed by atoms with Crippen LogP contribution in [0.5, 0.6) is 0 Å². The fourth-order valence-corrected chi connectivity index (χ4v) is 2.15. The summed E-state index contributed by atoms with van der Waals surface area (Å²) in [6, 6.07) is 10.2. The van der Waals surface area contributed by atoms with Crippen LogP contribution >= 0.6 is 0 Å². The molecule has 21 heavy (non-hydrogen) atoms. The topological polar surface area (TPSA) is 44.9 Å². The summed E-state index contributed by atoms with van der Waals surface area (Å²) in [5, 5.41) is 3.09. The molecule has 0 saturated carbocycles. The predicted octanol–water partition coefficient (Wildman–Crippen LogP) is 4.01. The van der Waals surface area contributed by atoms with E-state index in [1.165, 1.54) is 24.3 Å². The van der Waals surface area contributed by atoms with Gasteiger partial charge in [0, 0.05) is 10.9 Å². The number of aryl methyl sites for hydroxylation is 1. The Kier molecular flexibility index (Phi) is 3.17. The molecular formula is C16H12F2N2O. The third-order valence-electron chi connectivity index (χ3n) is 3.20. The number of carbonyl (C=O) groups excluding carboxylic acids is 1. The molecule has 0 radical (unpaired) electrons. The highest BCUT2D eigenvalue weighted by atomic mass is 19.1. The number of carbonyl (C=O) groups is 1. The Morgan fingerprint density at radius 1 is 1.10 bits per heavy atom. The second-order valence-electron chi connectivity index (χ2n) is 4.85. The van der Waals surface area contributed by atoms with E-state index in [0.717, 1.165) is 5.56 Å². The first-order valence-electron chi connectivity index (χ1n) is 6.39. The van der Waals surface area contributed by atoms with Crippen molar-refractivity contribution in [3.63, 3.8) is 0 Å². The first-order valence-corrected chi connectivity index (χ1v) is 6.39. The minimum absolute atomic E-state index is 0.116. The highest BCUT2D eigenvalue weighted by Crippen LogP contribution is 2.19. The normalized spacial score (nSPS) is 10.8. The van der Waals surface area contributed by atoms with Crippen LogP contribution in [0.4, 0.5) is 14.5 Å². The Hall–Kier alpha value is -2.69. The number of benzene rings is 2. The molecule has 5 heteroatoms. The first-order chi connectivity index (χ1) is 10.0. The number of halogens is 2. The number of hydrogen-bond donors (Lipinski definition) is 2. The second-order valence-corrected chi connectivity index (χ2v) is 4.85. The average Bonchev–Trinajstić information content (AvgIpc) is 2.86. The van der Waals surface area contributed by atoms with Gasteiger partial charge in [0.1, 0.15) is 17.3 Å². The van der Waals surface area contributed by atoms with Crippen LogP contribution < -0.4 is 5.32 Å². The van der Waals surface area contributed by atoms with E-state index >= 15 is 0 Å². The van der Waals surface area contributed by atoms with E-state index in [1.54, 1.807) is 25.1 Å². The van der Waals surface area contributed by atoms with Crippen molar-refractivity contribution in [2.24, 2.45) is 0 Å². The molecule has 3 aromatic rings. The summed E-state index contributed by atoms with van der Waals surface area (Å²) in [5.74, 6) is -1.36. The Morgan fingerprint density at radius 2 is 1.90 bits per heavy atom. The monoisotopic (exact) mass is 286 g/mol. The zero-order valence-electron chi connectivity index (χ0n) is 11.2. The van der Waals surface area contributed by atoms with E-state index in [9.17, 15) is 13.6 Å². The Bertz CT molecular complexity index is 839. The van der Waals surface area contributed by atoms with Gasteiger partial charge in [0.15, 0.2) is 0 Å². The van der Waals surface area contributed by atoms with Gasteiger partial charge in [-0.2, -0.15) is 0 Å². The van der Waals surface area contributed by atoms with Crippen LogP contribution in [0.2, 0.25) is 0 Å². The van der Waals surface area contributed by atoms with Crippen LogP contribution in [0.25, 0.3) is 10.9 Å².